The molecule has 0 atom stereocenters. The number of para-hydroxylation sites is 2. The highest BCUT2D eigenvalue weighted by Crippen LogP contribution is 2.60. The van der Waals surface area contributed by atoms with Gasteiger partial charge in [-0.15, -0.1) is 0 Å². The number of hydrogen-bond donors (Lipinski definition) is 1. The molecule has 0 fully saturated rings. The first-order valence-electron chi connectivity index (χ1n) is 9.38. The number of anilines is 2. The van der Waals surface area contributed by atoms with E-state index in [9.17, 15) is 0 Å². The standard InChI is InChI=1S/C26H21N/c1-3-11-18-19-12-5-6-13-21(19)26(20(18)4-2)22-14-7-9-16-24(22)27-25-17-10-8-15-23(25)26/h3-17,27H,2H2,1H3/b11-3-. The van der Waals surface area contributed by atoms with Crippen LogP contribution in [0.4, 0.5) is 11.4 Å². The second-order valence-electron chi connectivity index (χ2n) is 7.04. The minimum atomic E-state index is -0.342. The Morgan fingerprint density at radius 2 is 1.33 bits per heavy atom. The number of allylic oxidation sites excluding steroid dienone is 5. The minimum absolute atomic E-state index is 0.342. The second-order valence-corrected chi connectivity index (χ2v) is 7.04. The van der Waals surface area contributed by atoms with Crippen LogP contribution in [-0.4, -0.2) is 0 Å². The zero-order valence-corrected chi connectivity index (χ0v) is 15.4. The largest absolute Gasteiger partial charge is 0.355 e. The molecule has 1 heteroatoms. The summed E-state index contributed by atoms with van der Waals surface area (Å²) in [4.78, 5) is 0. The van der Waals surface area contributed by atoms with E-state index in [4.69, 9.17) is 0 Å². The lowest BCUT2D eigenvalue weighted by Gasteiger charge is -2.41. The first kappa shape index (κ1) is 15.9. The smallest absolute Gasteiger partial charge is 0.0753 e. The first-order chi connectivity index (χ1) is 13.3. The third-order valence-electron chi connectivity index (χ3n) is 5.78. The summed E-state index contributed by atoms with van der Waals surface area (Å²) in [5, 5.41) is 3.64. The Balaban J connectivity index is 2.01. The molecule has 0 bridgehead atoms. The van der Waals surface area contributed by atoms with Gasteiger partial charge in [0, 0.05) is 11.4 Å². The number of benzene rings is 3. The Hall–Kier alpha value is -3.32. The van der Waals surface area contributed by atoms with Gasteiger partial charge in [-0.2, -0.15) is 0 Å². The predicted octanol–water partition coefficient (Wildman–Crippen LogP) is 6.61. The molecule has 0 saturated heterocycles. The molecular weight excluding hydrogens is 326 g/mol. The van der Waals surface area contributed by atoms with Gasteiger partial charge in [-0.1, -0.05) is 85.5 Å². The predicted molar refractivity (Wildman–Crippen MR) is 114 cm³/mol. The lowest BCUT2D eigenvalue weighted by molar-refractivity contribution is 0.757. The van der Waals surface area contributed by atoms with Crippen LogP contribution < -0.4 is 5.32 Å². The fourth-order valence-electron chi connectivity index (χ4n) is 4.86. The number of rotatable bonds is 2. The lowest BCUT2D eigenvalue weighted by atomic mass is 9.64. The Morgan fingerprint density at radius 3 is 1.93 bits per heavy atom. The van der Waals surface area contributed by atoms with Gasteiger partial charge in [0.25, 0.3) is 0 Å². The molecule has 0 unspecified atom stereocenters. The third kappa shape index (κ3) is 1.94. The Labute approximate surface area is 160 Å². The van der Waals surface area contributed by atoms with Crippen LogP contribution in [0, 0.1) is 0 Å². The highest BCUT2D eigenvalue weighted by atomic mass is 14.9. The summed E-state index contributed by atoms with van der Waals surface area (Å²) in [6.07, 6.45) is 6.39. The molecule has 1 nitrogen and oxygen atoms in total. The van der Waals surface area contributed by atoms with Crippen molar-refractivity contribution < 1.29 is 0 Å². The molecular formula is C26H21N. The maximum absolute atomic E-state index is 4.24. The van der Waals surface area contributed by atoms with Crippen LogP contribution in [0.1, 0.15) is 29.2 Å². The fraction of sp³-hybridized carbons (Fsp3) is 0.0769. The second kappa shape index (κ2) is 5.85. The summed E-state index contributed by atoms with van der Waals surface area (Å²) in [6.45, 7) is 6.32. The van der Waals surface area contributed by atoms with E-state index >= 15 is 0 Å². The van der Waals surface area contributed by atoms with Crippen molar-refractivity contribution in [2.75, 3.05) is 5.32 Å². The maximum atomic E-state index is 4.24. The summed E-state index contributed by atoms with van der Waals surface area (Å²) < 4.78 is 0. The average molecular weight is 347 g/mol. The van der Waals surface area contributed by atoms with Gasteiger partial charge in [0.2, 0.25) is 0 Å². The van der Waals surface area contributed by atoms with Gasteiger partial charge in [0.15, 0.2) is 0 Å². The molecule has 27 heavy (non-hydrogen) atoms. The SMILES string of the molecule is C=CC1=C(/C=C\C)c2ccccc2C12c1ccccc1Nc1ccccc12. The number of hydrogen-bond acceptors (Lipinski definition) is 1. The maximum Gasteiger partial charge on any atom is 0.0753 e. The molecule has 3 aromatic carbocycles. The molecule has 1 aliphatic heterocycles. The molecule has 130 valence electrons. The summed E-state index contributed by atoms with van der Waals surface area (Å²) in [5.41, 5.74) is 9.67. The topological polar surface area (TPSA) is 12.0 Å². The monoisotopic (exact) mass is 347 g/mol. The molecule has 1 aliphatic carbocycles. The fourth-order valence-corrected chi connectivity index (χ4v) is 4.86. The quantitative estimate of drug-likeness (QED) is 0.550. The zero-order valence-electron chi connectivity index (χ0n) is 15.4. The average Bonchev–Trinajstić information content (AvgIpc) is 2.99. The van der Waals surface area contributed by atoms with Crippen molar-refractivity contribution in [3.05, 3.63) is 125 Å². The van der Waals surface area contributed by atoms with Gasteiger partial charge in [0.05, 0.1) is 5.41 Å². The van der Waals surface area contributed by atoms with Gasteiger partial charge < -0.3 is 5.32 Å². The van der Waals surface area contributed by atoms with E-state index in [1.54, 1.807) is 0 Å². The summed E-state index contributed by atoms with van der Waals surface area (Å²) in [5.74, 6) is 0. The minimum Gasteiger partial charge on any atom is -0.355 e. The van der Waals surface area contributed by atoms with E-state index < -0.39 is 0 Å². The van der Waals surface area contributed by atoms with Crippen LogP contribution in [0.5, 0.6) is 0 Å². The molecule has 1 spiro atoms. The highest BCUT2D eigenvalue weighted by molar-refractivity contribution is 5.95. The first-order valence-corrected chi connectivity index (χ1v) is 9.38. The number of nitrogens with one attached hydrogen (secondary N) is 1. The molecule has 0 radical (unpaired) electrons. The van der Waals surface area contributed by atoms with Gasteiger partial charge in [0.1, 0.15) is 0 Å². The van der Waals surface area contributed by atoms with E-state index in [1.807, 2.05) is 6.08 Å². The van der Waals surface area contributed by atoms with E-state index in [-0.39, 0.29) is 5.41 Å². The van der Waals surface area contributed by atoms with Crippen molar-refractivity contribution in [3.8, 4) is 0 Å². The Kier molecular flexibility index (Phi) is 3.45. The normalized spacial score (nSPS) is 16.0. The Morgan fingerprint density at radius 1 is 0.778 bits per heavy atom. The number of fused-ring (bicyclic) bond motifs is 6. The summed E-state index contributed by atoms with van der Waals surface area (Å²) >= 11 is 0. The van der Waals surface area contributed by atoms with E-state index in [0.29, 0.717) is 0 Å². The van der Waals surface area contributed by atoms with Crippen LogP contribution in [0.2, 0.25) is 0 Å². The van der Waals surface area contributed by atoms with Crippen molar-refractivity contribution in [2.24, 2.45) is 0 Å². The summed E-state index contributed by atoms with van der Waals surface area (Å²) in [6, 6.07) is 26.1. The van der Waals surface area contributed by atoms with Gasteiger partial charge in [-0.25, -0.2) is 0 Å². The third-order valence-corrected chi connectivity index (χ3v) is 5.78. The molecule has 0 saturated carbocycles. The van der Waals surface area contributed by atoms with E-state index in [0.717, 1.165) is 11.4 Å². The van der Waals surface area contributed by atoms with Crippen LogP contribution in [-0.2, 0) is 5.41 Å². The van der Waals surface area contributed by atoms with Crippen molar-refractivity contribution in [1.29, 1.82) is 0 Å². The summed E-state index contributed by atoms with van der Waals surface area (Å²) in [7, 11) is 0. The molecule has 3 aromatic rings. The molecule has 1 heterocycles. The van der Waals surface area contributed by atoms with Crippen molar-refractivity contribution in [1.82, 2.24) is 0 Å². The Bertz CT molecular complexity index is 1080. The van der Waals surface area contributed by atoms with Crippen molar-refractivity contribution >= 4 is 16.9 Å². The van der Waals surface area contributed by atoms with Crippen molar-refractivity contribution in [2.45, 2.75) is 12.3 Å². The van der Waals surface area contributed by atoms with E-state index in [2.05, 4.69) is 104 Å². The van der Waals surface area contributed by atoms with Crippen molar-refractivity contribution in [3.63, 3.8) is 0 Å². The lowest BCUT2D eigenvalue weighted by Crippen LogP contribution is -2.33. The molecule has 0 aromatic heterocycles. The van der Waals surface area contributed by atoms with Gasteiger partial charge >= 0.3 is 0 Å². The van der Waals surface area contributed by atoms with Crippen LogP contribution in [0.3, 0.4) is 0 Å². The zero-order chi connectivity index (χ0) is 18.4. The molecule has 2 aliphatic rings. The molecule has 5 rings (SSSR count). The molecule has 1 N–H and O–H groups in total. The van der Waals surface area contributed by atoms with Crippen LogP contribution >= 0.6 is 0 Å². The molecule has 0 amide bonds. The van der Waals surface area contributed by atoms with Crippen LogP contribution in [0.25, 0.3) is 5.57 Å². The van der Waals surface area contributed by atoms with Gasteiger partial charge in [-0.3, -0.25) is 0 Å². The van der Waals surface area contributed by atoms with Crippen LogP contribution in [0.15, 0.2) is 103 Å². The highest BCUT2D eigenvalue weighted by Gasteiger charge is 2.49. The van der Waals surface area contributed by atoms with Gasteiger partial charge in [-0.05, 0) is 52.5 Å². The van der Waals surface area contributed by atoms with E-state index in [1.165, 1.54) is 33.4 Å².